The Morgan fingerprint density at radius 2 is 1.75 bits per heavy atom. The molecule has 1 aromatic carbocycles. The van der Waals surface area contributed by atoms with Crippen molar-refractivity contribution in [2.75, 3.05) is 6.61 Å². The minimum Gasteiger partial charge on any atom is -0.458 e. The van der Waals surface area contributed by atoms with Crippen LogP contribution >= 0.6 is 0 Å². The van der Waals surface area contributed by atoms with Crippen LogP contribution in [0.4, 0.5) is 0 Å². The second kappa shape index (κ2) is 10.8. The van der Waals surface area contributed by atoms with Gasteiger partial charge in [-0.25, -0.2) is 4.79 Å². The van der Waals surface area contributed by atoms with Crippen molar-refractivity contribution in [2.24, 2.45) is 11.8 Å². The Kier molecular flexibility index (Phi) is 8.14. The maximum Gasteiger partial charge on any atom is 0.330 e. The summed E-state index contributed by atoms with van der Waals surface area (Å²) in [6.45, 7) is 3.94. The molecule has 0 radical (unpaired) electrons. The molecule has 0 aliphatic heterocycles. The first kappa shape index (κ1) is 21.1. The van der Waals surface area contributed by atoms with Gasteiger partial charge < -0.3 is 9.84 Å². The van der Waals surface area contributed by atoms with E-state index >= 15 is 0 Å². The van der Waals surface area contributed by atoms with Crippen LogP contribution in [0.3, 0.4) is 0 Å². The molecule has 1 N–H and O–H groups in total. The minimum atomic E-state index is -0.383. The van der Waals surface area contributed by atoms with Crippen LogP contribution in [0.1, 0.15) is 86.8 Å². The number of aryl methyl sites for hydroxylation is 1. The van der Waals surface area contributed by atoms with Gasteiger partial charge in [-0.1, -0.05) is 56.9 Å². The summed E-state index contributed by atoms with van der Waals surface area (Å²) in [4.78, 5) is 11.5. The highest BCUT2D eigenvalue weighted by Gasteiger charge is 2.29. The Labute approximate surface area is 170 Å². The van der Waals surface area contributed by atoms with Crippen molar-refractivity contribution in [1.29, 1.82) is 0 Å². The molecule has 2 fully saturated rings. The lowest BCUT2D eigenvalue weighted by Gasteiger charge is -2.36. The average molecular weight is 385 g/mol. The van der Waals surface area contributed by atoms with Crippen molar-refractivity contribution in [2.45, 2.75) is 83.2 Å². The van der Waals surface area contributed by atoms with Crippen LogP contribution in [0.15, 0.2) is 30.9 Å². The van der Waals surface area contributed by atoms with E-state index in [1.165, 1.54) is 75.0 Å². The number of carbonyl (C=O) groups is 1. The molecule has 28 heavy (non-hydrogen) atoms. The van der Waals surface area contributed by atoms with Crippen LogP contribution in [0.2, 0.25) is 0 Å². The second-order valence-electron chi connectivity index (χ2n) is 8.68. The summed E-state index contributed by atoms with van der Waals surface area (Å²) in [5, 5.41) is 9.17. The molecular formula is C25H36O3. The Morgan fingerprint density at radius 1 is 1.04 bits per heavy atom. The molecule has 3 rings (SSSR count). The van der Waals surface area contributed by atoms with Crippen LogP contribution in [0.5, 0.6) is 0 Å². The molecule has 0 amide bonds. The highest BCUT2D eigenvalue weighted by molar-refractivity contribution is 5.81. The van der Waals surface area contributed by atoms with Crippen LogP contribution in [-0.4, -0.2) is 17.7 Å². The summed E-state index contributed by atoms with van der Waals surface area (Å²) in [7, 11) is 0. The van der Waals surface area contributed by atoms with Gasteiger partial charge in [0, 0.05) is 12.7 Å². The standard InChI is InChI=1S/C25H36O3/c1-2-25(27)28-18-24-17-23(15-14-20(24)9-6-16-26)22-12-10-21(11-13-22)19-7-4-3-5-8-19/h2,14-15,17,19,21-22,26H,1,3-13,16,18H2. The Morgan fingerprint density at radius 3 is 2.43 bits per heavy atom. The van der Waals surface area contributed by atoms with Gasteiger partial charge in [-0.3, -0.25) is 0 Å². The molecule has 0 aromatic heterocycles. The van der Waals surface area contributed by atoms with E-state index in [1.54, 1.807) is 0 Å². The first-order valence-corrected chi connectivity index (χ1v) is 11.2. The summed E-state index contributed by atoms with van der Waals surface area (Å²) in [5.74, 6) is 2.16. The molecule has 0 unspecified atom stereocenters. The smallest absolute Gasteiger partial charge is 0.330 e. The third kappa shape index (κ3) is 5.70. The van der Waals surface area contributed by atoms with Gasteiger partial charge in [0.25, 0.3) is 0 Å². The van der Waals surface area contributed by atoms with Crippen molar-refractivity contribution < 1.29 is 14.6 Å². The largest absolute Gasteiger partial charge is 0.458 e. The molecular weight excluding hydrogens is 348 g/mol. The molecule has 2 saturated carbocycles. The number of rotatable bonds is 8. The molecule has 1 aromatic rings. The van der Waals surface area contributed by atoms with Crippen LogP contribution in [0.25, 0.3) is 0 Å². The molecule has 3 heteroatoms. The Hall–Kier alpha value is -1.61. The molecule has 0 heterocycles. The van der Waals surface area contributed by atoms with Crippen molar-refractivity contribution in [3.05, 3.63) is 47.5 Å². The summed E-state index contributed by atoms with van der Waals surface area (Å²) in [6.07, 6.45) is 15.3. The molecule has 154 valence electrons. The molecule has 0 spiro atoms. The van der Waals surface area contributed by atoms with Gasteiger partial charge in [-0.05, 0) is 73.0 Å². The zero-order chi connectivity index (χ0) is 19.8. The normalized spacial score (nSPS) is 23.3. The third-order valence-electron chi connectivity index (χ3n) is 6.93. The Bertz CT molecular complexity index is 637. The van der Waals surface area contributed by atoms with E-state index in [0.717, 1.165) is 30.2 Å². The number of benzene rings is 1. The van der Waals surface area contributed by atoms with Crippen LogP contribution in [0, 0.1) is 11.8 Å². The third-order valence-corrected chi connectivity index (χ3v) is 6.93. The number of hydrogen-bond acceptors (Lipinski definition) is 3. The van der Waals surface area contributed by atoms with Gasteiger partial charge >= 0.3 is 5.97 Å². The van der Waals surface area contributed by atoms with Crippen molar-refractivity contribution in [3.8, 4) is 0 Å². The number of aliphatic hydroxyl groups is 1. The van der Waals surface area contributed by atoms with E-state index in [4.69, 9.17) is 9.84 Å². The minimum absolute atomic E-state index is 0.179. The van der Waals surface area contributed by atoms with E-state index < -0.39 is 0 Å². The fourth-order valence-corrected chi connectivity index (χ4v) is 5.28. The highest BCUT2D eigenvalue weighted by Crippen LogP contribution is 2.43. The zero-order valence-electron chi connectivity index (χ0n) is 17.2. The van der Waals surface area contributed by atoms with Gasteiger partial charge in [-0.2, -0.15) is 0 Å². The predicted octanol–water partition coefficient (Wildman–Crippen LogP) is 5.69. The van der Waals surface area contributed by atoms with Crippen molar-refractivity contribution in [3.63, 3.8) is 0 Å². The topological polar surface area (TPSA) is 46.5 Å². The maximum atomic E-state index is 11.5. The van der Waals surface area contributed by atoms with Crippen molar-refractivity contribution in [1.82, 2.24) is 0 Å². The molecule has 0 atom stereocenters. The van der Waals surface area contributed by atoms with Crippen LogP contribution in [-0.2, 0) is 22.6 Å². The first-order chi connectivity index (χ1) is 13.7. The van der Waals surface area contributed by atoms with E-state index in [1.807, 2.05) is 0 Å². The lowest BCUT2D eigenvalue weighted by molar-refractivity contribution is -0.139. The van der Waals surface area contributed by atoms with Gasteiger partial charge in [0.15, 0.2) is 0 Å². The van der Waals surface area contributed by atoms with Gasteiger partial charge in [0.1, 0.15) is 6.61 Å². The molecule has 3 nitrogen and oxygen atoms in total. The first-order valence-electron chi connectivity index (χ1n) is 11.2. The number of hydrogen-bond donors (Lipinski definition) is 1. The molecule has 2 aliphatic carbocycles. The summed E-state index contributed by atoms with van der Waals surface area (Å²) >= 11 is 0. The van der Waals surface area contributed by atoms with Gasteiger partial charge in [-0.15, -0.1) is 0 Å². The highest BCUT2D eigenvalue weighted by atomic mass is 16.5. The lowest BCUT2D eigenvalue weighted by Crippen LogP contribution is -2.23. The summed E-state index contributed by atoms with van der Waals surface area (Å²) in [6, 6.07) is 6.68. The second-order valence-corrected chi connectivity index (χ2v) is 8.68. The van der Waals surface area contributed by atoms with E-state index in [0.29, 0.717) is 5.92 Å². The SMILES string of the molecule is C=CC(=O)OCc1cc(C2CCC(C3CCCCC3)CC2)ccc1CCCO. The monoisotopic (exact) mass is 384 g/mol. The fraction of sp³-hybridized carbons (Fsp3) is 0.640. The van der Waals surface area contributed by atoms with E-state index in [-0.39, 0.29) is 19.2 Å². The lowest BCUT2D eigenvalue weighted by atomic mass is 9.70. The molecule has 2 aliphatic rings. The summed E-state index contributed by atoms with van der Waals surface area (Å²) < 4.78 is 5.32. The van der Waals surface area contributed by atoms with E-state index in [2.05, 4.69) is 24.8 Å². The predicted molar refractivity (Wildman–Crippen MR) is 113 cm³/mol. The quantitative estimate of drug-likeness (QED) is 0.462. The Balaban J connectivity index is 1.64. The zero-order valence-corrected chi connectivity index (χ0v) is 17.2. The molecule has 0 bridgehead atoms. The number of ether oxygens (including phenoxy) is 1. The van der Waals surface area contributed by atoms with Crippen molar-refractivity contribution >= 4 is 5.97 Å². The fourth-order valence-electron chi connectivity index (χ4n) is 5.28. The van der Waals surface area contributed by atoms with Gasteiger partial charge in [0.2, 0.25) is 0 Å². The number of esters is 1. The van der Waals surface area contributed by atoms with Gasteiger partial charge in [0.05, 0.1) is 0 Å². The summed E-state index contributed by atoms with van der Waals surface area (Å²) in [5.41, 5.74) is 3.64. The van der Waals surface area contributed by atoms with Crippen LogP contribution < -0.4 is 0 Å². The van der Waals surface area contributed by atoms with E-state index in [9.17, 15) is 4.79 Å². The average Bonchev–Trinajstić information content (AvgIpc) is 2.77. The maximum absolute atomic E-state index is 11.5. The number of carbonyl (C=O) groups excluding carboxylic acids is 1. The number of aliphatic hydroxyl groups excluding tert-OH is 1. The molecule has 0 saturated heterocycles.